The van der Waals surface area contributed by atoms with E-state index in [9.17, 15) is 14.7 Å². The number of carboxylic acid groups (broad SMARTS) is 1. The first-order valence-corrected chi connectivity index (χ1v) is 10.0. The lowest BCUT2D eigenvalue weighted by atomic mass is 9.78. The molecule has 1 aromatic heterocycles. The molecule has 1 aliphatic heterocycles. The average molecular weight is 377 g/mol. The molecule has 0 spiro atoms. The number of nitrogens with zero attached hydrogens (tertiary/aromatic N) is 1. The number of benzene rings is 1. The molecule has 0 amide bonds. The van der Waals surface area contributed by atoms with E-state index >= 15 is 0 Å². The molecular weight excluding hydrogens is 350 g/mol. The first kappa shape index (κ1) is 18.7. The third-order valence-corrected chi connectivity index (χ3v) is 6.12. The predicted octanol–water partition coefficient (Wildman–Crippen LogP) is 4.96. The summed E-state index contributed by atoms with van der Waals surface area (Å²) in [6.07, 6.45) is 5.42. The van der Waals surface area contributed by atoms with Gasteiger partial charge in [-0.25, -0.2) is 4.79 Å². The highest BCUT2D eigenvalue weighted by atomic mass is 16.4. The standard InChI is InChI=1S/C24H27NO3/c1-5-6-14-7-8-16-15(9-14)10-18-17(16)11-22(24(2,3)4)25-13-19(23(27)28)21(26)12-20(18)25/h7-9,12-13,22H,5-6,10-11H2,1-4H3,(H,27,28)/t22-/m0/s1. The summed E-state index contributed by atoms with van der Waals surface area (Å²) in [4.78, 5) is 24.0. The molecule has 146 valence electrons. The zero-order valence-electron chi connectivity index (χ0n) is 17.0. The Hall–Kier alpha value is -2.62. The van der Waals surface area contributed by atoms with Crippen LogP contribution in [0.4, 0.5) is 0 Å². The maximum absolute atomic E-state index is 12.5. The highest BCUT2D eigenvalue weighted by Crippen LogP contribution is 2.50. The second-order valence-electron chi connectivity index (χ2n) is 9.11. The summed E-state index contributed by atoms with van der Waals surface area (Å²) >= 11 is 0. The van der Waals surface area contributed by atoms with Gasteiger partial charge in [0.1, 0.15) is 5.56 Å². The van der Waals surface area contributed by atoms with Crippen molar-refractivity contribution in [2.45, 2.75) is 59.4 Å². The van der Waals surface area contributed by atoms with Gasteiger partial charge in [-0.1, -0.05) is 52.3 Å². The summed E-state index contributed by atoms with van der Waals surface area (Å²) < 4.78 is 2.04. The van der Waals surface area contributed by atoms with Crippen LogP contribution in [-0.4, -0.2) is 15.6 Å². The Balaban J connectivity index is 1.90. The number of rotatable bonds is 3. The van der Waals surface area contributed by atoms with Gasteiger partial charge in [-0.2, -0.15) is 0 Å². The average Bonchev–Trinajstić information content (AvgIpc) is 2.97. The number of aryl methyl sites for hydroxylation is 1. The highest BCUT2D eigenvalue weighted by molar-refractivity contribution is 5.98. The van der Waals surface area contributed by atoms with E-state index in [1.165, 1.54) is 33.9 Å². The van der Waals surface area contributed by atoms with Crippen molar-refractivity contribution in [1.82, 2.24) is 4.57 Å². The number of hydrogen-bond acceptors (Lipinski definition) is 2. The summed E-state index contributed by atoms with van der Waals surface area (Å²) in [5.41, 5.74) is 6.72. The normalized spacial score (nSPS) is 17.9. The maximum Gasteiger partial charge on any atom is 0.341 e. The number of pyridine rings is 1. The van der Waals surface area contributed by atoms with Gasteiger partial charge in [-0.15, -0.1) is 0 Å². The van der Waals surface area contributed by atoms with Gasteiger partial charge >= 0.3 is 5.97 Å². The molecule has 1 N–H and O–H groups in total. The smallest absolute Gasteiger partial charge is 0.341 e. The fourth-order valence-electron chi connectivity index (χ4n) is 4.70. The fourth-order valence-corrected chi connectivity index (χ4v) is 4.70. The van der Waals surface area contributed by atoms with Crippen LogP contribution in [0.1, 0.15) is 79.3 Å². The molecule has 0 saturated heterocycles. The van der Waals surface area contributed by atoms with Gasteiger partial charge in [0.05, 0.1) is 0 Å². The Morgan fingerprint density at radius 1 is 1.21 bits per heavy atom. The Morgan fingerprint density at radius 3 is 2.61 bits per heavy atom. The van der Waals surface area contributed by atoms with Gasteiger partial charge in [-0.3, -0.25) is 4.79 Å². The number of carbonyl (C=O) groups is 1. The number of fused-ring (bicyclic) bond motifs is 4. The van der Waals surface area contributed by atoms with E-state index in [-0.39, 0.29) is 17.0 Å². The Kier molecular flexibility index (Phi) is 4.33. The van der Waals surface area contributed by atoms with Crippen molar-refractivity contribution < 1.29 is 9.90 Å². The molecule has 0 radical (unpaired) electrons. The van der Waals surface area contributed by atoms with Crippen molar-refractivity contribution in [3.05, 3.63) is 68.6 Å². The van der Waals surface area contributed by atoms with Gasteiger partial charge in [0.2, 0.25) is 0 Å². The summed E-state index contributed by atoms with van der Waals surface area (Å²) in [5.74, 6) is -1.16. The van der Waals surface area contributed by atoms with Crippen LogP contribution in [0, 0.1) is 5.41 Å². The van der Waals surface area contributed by atoms with E-state index in [0.717, 1.165) is 31.4 Å². The number of aromatic carboxylic acids is 1. The van der Waals surface area contributed by atoms with Gasteiger partial charge in [0, 0.05) is 30.4 Å². The molecule has 2 heterocycles. The maximum atomic E-state index is 12.5. The van der Waals surface area contributed by atoms with E-state index in [2.05, 4.69) is 45.9 Å². The van der Waals surface area contributed by atoms with Crippen LogP contribution in [0.15, 0.2) is 35.3 Å². The van der Waals surface area contributed by atoms with Crippen molar-refractivity contribution in [3.63, 3.8) is 0 Å². The third-order valence-electron chi connectivity index (χ3n) is 6.12. The van der Waals surface area contributed by atoms with Crippen molar-refractivity contribution >= 4 is 17.1 Å². The van der Waals surface area contributed by atoms with Crippen LogP contribution in [0.25, 0.3) is 11.1 Å². The summed E-state index contributed by atoms with van der Waals surface area (Å²) in [7, 11) is 0. The molecule has 2 aromatic rings. The van der Waals surface area contributed by atoms with Crippen LogP contribution in [0.5, 0.6) is 0 Å². The molecule has 1 atom stereocenters. The van der Waals surface area contributed by atoms with Crippen molar-refractivity contribution in [1.29, 1.82) is 0 Å². The molecule has 1 aliphatic carbocycles. The zero-order valence-corrected chi connectivity index (χ0v) is 17.0. The second kappa shape index (κ2) is 6.47. The molecule has 4 nitrogen and oxygen atoms in total. The number of aromatic nitrogens is 1. The van der Waals surface area contributed by atoms with Crippen molar-refractivity contribution in [2.75, 3.05) is 0 Å². The first-order valence-electron chi connectivity index (χ1n) is 10.0. The van der Waals surface area contributed by atoms with Crippen LogP contribution in [-0.2, 0) is 12.8 Å². The Bertz CT molecular complexity index is 1070. The summed E-state index contributed by atoms with van der Waals surface area (Å²) in [6, 6.07) is 8.40. The van der Waals surface area contributed by atoms with E-state index in [0.29, 0.717) is 0 Å². The Morgan fingerprint density at radius 2 is 1.96 bits per heavy atom. The molecule has 2 aliphatic rings. The van der Waals surface area contributed by atoms with E-state index < -0.39 is 11.4 Å². The molecule has 4 heteroatoms. The van der Waals surface area contributed by atoms with E-state index in [4.69, 9.17) is 0 Å². The topological polar surface area (TPSA) is 59.3 Å². The minimum atomic E-state index is -1.16. The van der Waals surface area contributed by atoms with Crippen LogP contribution in [0.2, 0.25) is 0 Å². The number of allylic oxidation sites excluding steroid dienone is 2. The first-order chi connectivity index (χ1) is 13.2. The van der Waals surface area contributed by atoms with Gasteiger partial charge < -0.3 is 9.67 Å². The highest BCUT2D eigenvalue weighted by Gasteiger charge is 2.37. The van der Waals surface area contributed by atoms with Crippen LogP contribution >= 0.6 is 0 Å². The molecule has 0 saturated carbocycles. The second-order valence-corrected chi connectivity index (χ2v) is 9.11. The number of hydrogen-bond donors (Lipinski definition) is 1. The Labute approximate surface area is 165 Å². The summed E-state index contributed by atoms with van der Waals surface area (Å²) in [5, 5.41) is 9.44. The lowest BCUT2D eigenvalue weighted by Crippen LogP contribution is -2.32. The largest absolute Gasteiger partial charge is 0.477 e. The molecule has 4 rings (SSSR count). The van der Waals surface area contributed by atoms with Crippen molar-refractivity contribution in [3.8, 4) is 0 Å². The third kappa shape index (κ3) is 2.92. The minimum Gasteiger partial charge on any atom is -0.477 e. The fraction of sp³-hybridized carbons (Fsp3) is 0.417. The summed E-state index contributed by atoms with van der Waals surface area (Å²) in [6.45, 7) is 8.70. The zero-order chi connectivity index (χ0) is 20.2. The number of carboxylic acids is 1. The molecule has 0 unspecified atom stereocenters. The van der Waals surface area contributed by atoms with Crippen molar-refractivity contribution in [2.24, 2.45) is 5.41 Å². The van der Waals surface area contributed by atoms with Gasteiger partial charge in [0.15, 0.2) is 5.43 Å². The quantitative estimate of drug-likeness (QED) is 0.823. The van der Waals surface area contributed by atoms with Gasteiger partial charge in [0.25, 0.3) is 0 Å². The molecule has 0 bridgehead atoms. The van der Waals surface area contributed by atoms with E-state index in [1.807, 2.05) is 4.57 Å². The lowest BCUT2D eigenvalue weighted by molar-refractivity contribution is 0.0693. The minimum absolute atomic E-state index is 0.0664. The van der Waals surface area contributed by atoms with Crippen LogP contribution in [0.3, 0.4) is 0 Å². The SMILES string of the molecule is CCCc1ccc2c(c1)CC1=C2C[C@@H](C(C)(C)C)n2cc(C(=O)O)c(=O)cc21. The molecule has 0 fully saturated rings. The lowest BCUT2D eigenvalue weighted by Gasteiger charge is -2.39. The molecular formula is C24H27NO3. The molecule has 1 aromatic carbocycles. The predicted molar refractivity (Wildman–Crippen MR) is 112 cm³/mol. The monoisotopic (exact) mass is 377 g/mol. The van der Waals surface area contributed by atoms with Gasteiger partial charge in [-0.05, 0) is 46.1 Å². The van der Waals surface area contributed by atoms with E-state index in [1.54, 1.807) is 6.20 Å². The molecule has 28 heavy (non-hydrogen) atoms. The van der Waals surface area contributed by atoms with Crippen LogP contribution < -0.4 is 5.43 Å².